The van der Waals surface area contributed by atoms with Crippen LogP contribution in [0.4, 0.5) is 39.0 Å². The lowest BCUT2D eigenvalue weighted by Crippen LogP contribution is -2.29. The van der Waals surface area contributed by atoms with E-state index in [4.69, 9.17) is 4.74 Å². The predicted octanol–water partition coefficient (Wildman–Crippen LogP) is 5.73. The first-order valence-corrected chi connectivity index (χ1v) is 16.8. The van der Waals surface area contributed by atoms with Crippen molar-refractivity contribution in [1.29, 1.82) is 0 Å². The summed E-state index contributed by atoms with van der Waals surface area (Å²) in [6, 6.07) is 22.0. The highest BCUT2D eigenvalue weighted by Gasteiger charge is 2.34. The number of nitrogens with one attached hydrogen (secondary N) is 3. The Morgan fingerprint density at radius 1 is 0.824 bits per heavy atom. The standard InChI is InChI=1S/C35H26FN7O7S/c1-3-50-32(46)29-26-20-11-7-8-12-21(20)30(44)27-22(14-15-24(28(26)27)43(2)31(29)45)39-23-17-19(13-16-25(23)51(47,48)49)38-35-41-33(36)40-34(42-35)37-18-9-5-4-6-10-18/h4-17,39H,3H2,1-2H3,(H,47,48,49)(H2,37,38,40,41,42). The number of esters is 1. The van der Waals surface area contributed by atoms with E-state index in [0.717, 1.165) is 6.07 Å². The molecule has 2 aromatic heterocycles. The van der Waals surface area contributed by atoms with Crippen LogP contribution in [0.15, 0.2) is 94.6 Å². The molecule has 6 aromatic rings. The van der Waals surface area contributed by atoms with Gasteiger partial charge in [0.1, 0.15) is 10.5 Å². The van der Waals surface area contributed by atoms with E-state index >= 15 is 0 Å². The number of rotatable bonds is 9. The highest BCUT2D eigenvalue weighted by Crippen LogP contribution is 2.44. The highest BCUT2D eigenvalue weighted by molar-refractivity contribution is 7.86. The number of ether oxygens (including phenoxy) is 1. The Bertz CT molecular complexity index is 2600. The maximum atomic E-state index is 14.4. The molecule has 0 radical (unpaired) electrons. The van der Waals surface area contributed by atoms with E-state index in [2.05, 4.69) is 30.9 Å². The topological polar surface area (TPSA) is 194 Å². The fraction of sp³-hybridized carbons (Fsp3) is 0.0857. The Morgan fingerprint density at radius 2 is 1.49 bits per heavy atom. The fourth-order valence-corrected chi connectivity index (χ4v) is 6.61. The van der Waals surface area contributed by atoms with Crippen LogP contribution < -0.4 is 21.5 Å². The van der Waals surface area contributed by atoms with Crippen molar-refractivity contribution in [3.63, 3.8) is 0 Å². The number of hydrogen-bond donors (Lipinski definition) is 4. The molecule has 0 fully saturated rings. The van der Waals surface area contributed by atoms with Gasteiger partial charge >= 0.3 is 12.0 Å². The zero-order valence-corrected chi connectivity index (χ0v) is 27.6. The summed E-state index contributed by atoms with van der Waals surface area (Å²) in [6.45, 7) is 1.60. The molecule has 51 heavy (non-hydrogen) atoms. The number of aryl methyl sites for hydroxylation is 1. The van der Waals surface area contributed by atoms with Crippen molar-refractivity contribution >= 4 is 67.4 Å². The van der Waals surface area contributed by atoms with Gasteiger partial charge < -0.3 is 25.3 Å². The smallest absolute Gasteiger partial charge is 0.344 e. The molecule has 0 atom stereocenters. The van der Waals surface area contributed by atoms with Crippen molar-refractivity contribution in [2.75, 3.05) is 22.6 Å². The second kappa shape index (κ2) is 12.7. The normalized spacial score (nSPS) is 12.0. The van der Waals surface area contributed by atoms with Gasteiger partial charge in [-0.2, -0.15) is 27.8 Å². The number of carbonyl (C=O) groups excluding carboxylic acids is 2. The summed E-state index contributed by atoms with van der Waals surface area (Å²) >= 11 is 0. The Kier molecular flexibility index (Phi) is 8.24. The van der Waals surface area contributed by atoms with Gasteiger partial charge in [0.15, 0.2) is 5.78 Å². The van der Waals surface area contributed by atoms with Gasteiger partial charge in [0, 0.05) is 34.9 Å². The summed E-state index contributed by atoms with van der Waals surface area (Å²) < 4.78 is 56.2. The molecule has 1 aliphatic carbocycles. The highest BCUT2D eigenvalue weighted by atomic mass is 32.2. The number of hydrogen-bond acceptors (Lipinski definition) is 12. The second-order valence-electron chi connectivity index (χ2n) is 11.3. The summed E-state index contributed by atoms with van der Waals surface area (Å²) in [5.74, 6) is -1.67. The molecule has 0 spiro atoms. The molecule has 0 unspecified atom stereocenters. The van der Waals surface area contributed by atoms with Gasteiger partial charge in [0.25, 0.3) is 15.7 Å². The van der Waals surface area contributed by atoms with Crippen molar-refractivity contribution in [3.05, 3.63) is 118 Å². The van der Waals surface area contributed by atoms with Gasteiger partial charge in [-0.3, -0.25) is 14.1 Å². The number of ketones is 1. The van der Waals surface area contributed by atoms with Crippen molar-refractivity contribution in [2.45, 2.75) is 11.8 Å². The Hall–Kier alpha value is -6.52. The summed E-state index contributed by atoms with van der Waals surface area (Å²) in [5.41, 5.74) is 0.895. The largest absolute Gasteiger partial charge is 0.462 e. The molecule has 0 saturated carbocycles. The summed E-state index contributed by atoms with van der Waals surface area (Å²) in [4.78, 5) is 52.0. The quantitative estimate of drug-likeness (QED) is 0.105. The van der Waals surface area contributed by atoms with Crippen LogP contribution in [0, 0.1) is 6.08 Å². The first-order chi connectivity index (χ1) is 24.4. The summed E-state index contributed by atoms with van der Waals surface area (Å²) in [6.07, 6.45) is -1.10. The zero-order chi connectivity index (χ0) is 36.0. The third-order valence-electron chi connectivity index (χ3n) is 8.13. The third-order valence-corrected chi connectivity index (χ3v) is 9.04. The van der Waals surface area contributed by atoms with Gasteiger partial charge in [0.2, 0.25) is 11.9 Å². The minimum Gasteiger partial charge on any atom is -0.462 e. The fourth-order valence-electron chi connectivity index (χ4n) is 5.99. The maximum Gasteiger partial charge on any atom is 0.344 e. The molecule has 7 rings (SSSR count). The van der Waals surface area contributed by atoms with E-state index in [1.165, 1.54) is 29.8 Å². The number of halogens is 1. The molecular weight excluding hydrogens is 681 g/mol. The molecule has 1 aliphatic rings. The molecule has 4 N–H and O–H groups in total. The predicted molar refractivity (Wildman–Crippen MR) is 186 cm³/mol. The maximum absolute atomic E-state index is 14.4. The first kappa shape index (κ1) is 33.0. The van der Waals surface area contributed by atoms with Gasteiger partial charge in [-0.05, 0) is 55.0 Å². The van der Waals surface area contributed by atoms with Crippen LogP contribution >= 0.6 is 0 Å². The molecule has 0 saturated heterocycles. The molecule has 0 amide bonds. The zero-order valence-electron chi connectivity index (χ0n) is 26.8. The van der Waals surface area contributed by atoms with E-state index < -0.39 is 38.4 Å². The number of nitrogens with zero attached hydrogens (tertiary/aromatic N) is 4. The minimum atomic E-state index is -4.84. The van der Waals surface area contributed by atoms with Crippen molar-refractivity contribution in [2.24, 2.45) is 7.05 Å². The molecular formula is C35H26FN7O7S. The number of anilines is 6. The second-order valence-corrected chi connectivity index (χ2v) is 12.7. The van der Waals surface area contributed by atoms with Crippen LogP contribution in [0.5, 0.6) is 0 Å². The SMILES string of the molecule is CCOC(=O)c1c2c3c(c(Nc4cc(Nc5nc(F)nc(Nc6ccccc6)n5)ccc4S(=O)(=O)O)ccc3n(C)c1=O)C(=O)c1ccccc1-2. The molecule has 0 aliphatic heterocycles. The van der Waals surface area contributed by atoms with Crippen LogP contribution in [0.2, 0.25) is 0 Å². The molecule has 16 heteroatoms. The lowest BCUT2D eigenvalue weighted by Gasteiger charge is -2.25. The van der Waals surface area contributed by atoms with Crippen LogP contribution in [-0.2, 0) is 21.9 Å². The average Bonchev–Trinajstić information content (AvgIpc) is 3.09. The van der Waals surface area contributed by atoms with Crippen molar-refractivity contribution in [1.82, 2.24) is 19.5 Å². The Labute approximate surface area is 288 Å². The van der Waals surface area contributed by atoms with Crippen molar-refractivity contribution in [3.8, 4) is 11.1 Å². The van der Waals surface area contributed by atoms with Crippen LogP contribution in [-0.4, -0.2) is 50.8 Å². The third kappa shape index (κ3) is 6.02. The molecule has 0 bridgehead atoms. The molecule has 2 heterocycles. The number of aromatic nitrogens is 4. The van der Waals surface area contributed by atoms with Gasteiger partial charge in [0.05, 0.1) is 29.1 Å². The van der Waals surface area contributed by atoms with Crippen LogP contribution in [0.3, 0.4) is 0 Å². The molecule has 14 nitrogen and oxygen atoms in total. The van der Waals surface area contributed by atoms with Crippen LogP contribution in [0.25, 0.3) is 22.0 Å². The monoisotopic (exact) mass is 707 g/mol. The van der Waals surface area contributed by atoms with E-state index in [1.54, 1.807) is 67.6 Å². The average molecular weight is 708 g/mol. The van der Waals surface area contributed by atoms with Gasteiger partial charge in [-0.15, -0.1) is 0 Å². The Balaban J connectivity index is 1.37. The lowest BCUT2D eigenvalue weighted by molar-refractivity contribution is 0.0524. The number of fused-ring (bicyclic) bond motifs is 2. The van der Waals surface area contributed by atoms with Crippen LogP contribution in [0.1, 0.15) is 33.2 Å². The number of para-hydroxylation sites is 1. The van der Waals surface area contributed by atoms with E-state index in [1.807, 2.05) is 0 Å². The van der Waals surface area contributed by atoms with E-state index in [0.29, 0.717) is 16.8 Å². The minimum absolute atomic E-state index is 0.000688. The number of pyridine rings is 1. The summed E-state index contributed by atoms with van der Waals surface area (Å²) in [7, 11) is -3.38. The summed E-state index contributed by atoms with van der Waals surface area (Å²) in [5, 5.41) is 8.89. The first-order valence-electron chi connectivity index (χ1n) is 15.3. The van der Waals surface area contributed by atoms with Gasteiger partial charge in [-0.1, -0.05) is 42.5 Å². The number of carbonyl (C=O) groups is 2. The lowest BCUT2D eigenvalue weighted by atomic mass is 9.81. The molecule has 256 valence electrons. The Morgan fingerprint density at radius 3 is 2.18 bits per heavy atom. The van der Waals surface area contributed by atoms with Crippen molar-refractivity contribution < 1.29 is 31.7 Å². The number of benzene rings is 4. The molecule has 4 aromatic carbocycles. The van der Waals surface area contributed by atoms with E-state index in [9.17, 15) is 31.7 Å². The van der Waals surface area contributed by atoms with Gasteiger partial charge in [-0.25, -0.2) is 4.79 Å². The van der Waals surface area contributed by atoms with E-state index in [-0.39, 0.29) is 63.2 Å².